The van der Waals surface area contributed by atoms with Crippen molar-refractivity contribution in [1.82, 2.24) is 15.5 Å². The quantitative estimate of drug-likeness (QED) is 0.805. The van der Waals surface area contributed by atoms with Crippen molar-refractivity contribution in [3.63, 3.8) is 0 Å². The number of hydrogen-bond acceptors (Lipinski definition) is 4. The highest BCUT2D eigenvalue weighted by Crippen LogP contribution is 2.12. The molecule has 1 aromatic heterocycles. The van der Waals surface area contributed by atoms with Crippen LogP contribution in [0, 0.1) is 0 Å². The van der Waals surface area contributed by atoms with E-state index in [0.29, 0.717) is 6.42 Å². The lowest BCUT2D eigenvalue weighted by Crippen LogP contribution is -2.51. The van der Waals surface area contributed by atoms with E-state index in [4.69, 9.17) is 4.42 Å². The highest BCUT2D eigenvalue weighted by Gasteiger charge is 2.30. The molecule has 2 N–H and O–H groups in total. The Labute approximate surface area is 159 Å². The maximum atomic E-state index is 13.0. The van der Waals surface area contributed by atoms with Gasteiger partial charge in [0, 0.05) is 26.1 Å². The van der Waals surface area contributed by atoms with E-state index >= 15 is 0 Å². The lowest BCUT2D eigenvalue weighted by Gasteiger charge is -2.28. The van der Waals surface area contributed by atoms with Crippen LogP contribution in [0.5, 0.6) is 0 Å². The number of nitrogens with zero attached hydrogens (tertiary/aromatic N) is 1. The zero-order chi connectivity index (χ0) is 17.6. The van der Waals surface area contributed by atoms with Crippen molar-refractivity contribution in [3.8, 4) is 0 Å². The van der Waals surface area contributed by atoms with Crippen molar-refractivity contribution < 1.29 is 14.0 Å². The van der Waals surface area contributed by atoms with Crippen LogP contribution in [0.1, 0.15) is 22.5 Å². The molecule has 3 rings (SSSR count). The first kappa shape index (κ1) is 20.0. The number of amides is 2. The first-order valence-electron chi connectivity index (χ1n) is 8.51. The van der Waals surface area contributed by atoms with Crippen molar-refractivity contribution in [2.24, 2.45) is 0 Å². The molecule has 2 aromatic rings. The molecule has 2 heterocycles. The summed E-state index contributed by atoms with van der Waals surface area (Å²) in [5, 5.41) is 6.09. The van der Waals surface area contributed by atoms with Crippen LogP contribution in [-0.2, 0) is 11.2 Å². The van der Waals surface area contributed by atoms with Gasteiger partial charge in [-0.25, -0.2) is 0 Å². The van der Waals surface area contributed by atoms with Crippen LogP contribution in [0.15, 0.2) is 53.1 Å². The first-order valence-corrected chi connectivity index (χ1v) is 8.51. The van der Waals surface area contributed by atoms with Gasteiger partial charge in [0.25, 0.3) is 5.91 Å². The normalized spacial score (nSPS) is 17.2. The van der Waals surface area contributed by atoms with E-state index in [1.165, 1.54) is 6.26 Å². The van der Waals surface area contributed by atoms with Gasteiger partial charge in [0.05, 0.1) is 6.26 Å². The molecule has 140 valence electrons. The molecule has 7 heteroatoms. The van der Waals surface area contributed by atoms with Crippen LogP contribution < -0.4 is 10.6 Å². The van der Waals surface area contributed by atoms with Crippen molar-refractivity contribution >= 4 is 24.2 Å². The number of nitrogens with one attached hydrogen (secondary N) is 2. The Morgan fingerprint density at radius 1 is 1.27 bits per heavy atom. The Morgan fingerprint density at radius 2 is 2.04 bits per heavy atom. The second-order valence-corrected chi connectivity index (χ2v) is 6.29. The average Bonchev–Trinajstić information content (AvgIpc) is 3.34. The molecule has 2 amide bonds. The molecule has 1 aromatic carbocycles. The Kier molecular flexibility index (Phi) is 7.24. The number of likely N-dealkylation sites (N-methyl/N-ethyl adjacent to an activating group) is 1. The summed E-state index contributed by atoms with van der Waals surface area (Å²) in [6.07, 6.45) is 2.81. The largest absolute Gasteiger partial charge is 0.459 e. The van der Waals surface area contributed by atoms with Gasteiger partial charge in [-0.1, -0.05) is 30.3 Å². The minimum atomic E-state index is -0.634. The standard InChI is InChI=1S/C19H23N3O3.ClH/c1-22(15-9-10-20-13-15)19(24)16(12-14-6-3-2-4-7-14)21-18(23)17-8-5-11-25-17;/h2-8,11,15-16,20H,9-10,12-13H2,1H3,(H,21,23);1H. The fourth-order valence-corrected chi connectivity index (χ4v) is 3.08. The summed E-state index contributed by atoms with van der Waals surface area (Å²) < 4.78 is 5.14. The molecule has 2 atom stereocenters. The summed E-state index contributed by atoms with van der Waals surface area (Å²) in [4.78, 5) is 27.1. The summed E-state index contributed by atoms with van der Waals surface area (Å²) in [5.74, 6) is -0.259. The summed E-state index contributed by atoms with van der Waals surface area (Å²) >= 11 is 0. The summed E-state index contributed by atoms with van der Waals surface area (Å²) in [7, 11) is 1.80. The topological polar surface area (TPSA) is 74.6 Å². The molecular formula is C19H24ClN3O3. The van der Waals surface area contributed by atoms with Crippen LogP contribution >= 0.6 is 12.4 Å². The van der Waals surface area contributed by atoms with Crippen molar-refractivity contribution in [2.45, 2.75) is 24.9 Å². The third kappa shape index (κ3) is 4.86. The van der Waals surface area contributed by atoms with E-state index < -0.39 is 6.04 Å². The van der Waals surface area contributed by atoms with Crippen LogP contribution in [0.3, 0.4) is 0 Å². The Hall–Kier alpha value is -2.31. The minimum Gasteiger partial charge on any atom is -0.459 e. The Balaban J connectivity index is 0.00000243. The van der Waals surface area contributed by atoms with Gasteiger partial charge in [-0.3, -0.25) is 9.59 Å². The molecule has 1 saturated heterocycles. The maximum absolute atomic E-state index is 13.0. The highest BCUT2D eigenvalue weighted by molar-refractivity contribution is 5.95. The van der Waals surface area contributed by atoms with E-state index in [0.717, 1.165) is 25.1 Å². The molecule has 0 saturated carbocycles. The maximum Gasteiger partial charge on any atom is 0.287 e. The van der Waals surface area contributed by atoms with Crippen LogP contribution in [0.25, 0.3) is 0 Å². The van der Waals surface area contributed by atoms with Crippen molar-refractivity contribution in [2.75, 3.05) is 20.1 Å². The number of halogens is 1. The monoisotopic (exact) mass is 377 g/mol. The van der Waals surface area contributed by atoms with Gasteiger partial charge in [0.15, 0.2) is 5.76 Å². The van der Waals surface area contributed by atoms with E-state index in [-0.39, 0.29) is 36.0 Å². The third-order valence-corrected chi connectivity index (χ3v) is 4.56. The lowest BCUT2D eigenvalue weighted by atomic mass is 10.0. The predicted molar refractivity (Wildman–Crippen MR) is 101 cm³/mol. The molecule has 2 unspecified atom stereocenters. The van der Waals surface area contributed by atoms with Gasteiger partial charge in [0.2, 0.25) is 5.91 Å². The molecule has 1 aliphatic heterocycles. The highest BCUT2D eigenvalue weighted by atomic mass is 35.5. The molecule has 1 fully saturated rings. The lowest BCUT2D eigenvalue weighted by molar-refractivity contribution is -0.133. The molecule has 0 aliphatic carbocycles. The predicted octanol–water partition coefficient (Wildman–Crippen LogP) is 1.86. The number of carbonyl (C=O) groups is 2. The van der Waals surface area contributed by atoms with Gasteiger partial charge >= 0.3 is 0 Å². The summed E-state index contributed by atoms with van der Waals surface area (Å²) in [6.45, 7) is 1.69. The van der Waals surface area contributed by atoms with Crippen LogP contribution in [0.2, 0.25) is 0 Å². The zero-order valence-electron chi connectivity index (χ0n) is 14.7. The van der Waals surface area contributed by atoms with Gasteiger partial charge in [-0.05, 0) is 30.7 Å². The fourth-order valence-electron chi connectivity index (χ4n) is 3.08. The van der Waals surface area contributed by atoms with E-state index in [1.54, 1.807) is 24.1 Å². The van der Waals surface area contributed by atoms with Gasteiger partial charge in [0.1, 0.15) is 6.04 Å². The van der Waals surface area contributed by atoms with E-state index in [9.17, 15) is 9.59 Å². The molecule has 26 heavy (non-hydrogen) atoms. The van der Waals surface area contributed by atoms with Gasteiger partial charge in [-0.15, -0.1) is 12.4 Å². The van der Waals surface area contributed by atoms with Crippen LogP contribution in [-0.4, -0.2) is 48.9 Å². The molecule has 6 nitrogen and oxygen atoms in total. The smallest absolute Gasteiger partial charge is 0.287 e. The Bertz CT molecular complexity index is 700. The second-order valence-electron chi connectivity index (χ2n) is 6.29. The number of benzene rings is 1. The number of rotatable bonds is 6. The zero-order valence-corrected chi connectivity index (χ0v) is 15.5. The molecule has 0 radical (unpaired) electrons. The van der Waals surface area contributed by atoms with Crippen molar-refractivity contribution in [3.05, 3.63) is 60.1 Å². The fraction of sp³-hybridized carbons (Fsp3) is 0.368. The third-order valence-electron chi connectivity index (χ3n) is 4.56. The number of furan rings is 1. The number of hydrogen-bond donors (Lipinski definition) is 2. The van der Waals surface area contributed by atoms with Gasteiger partial charge < -0.3 is 20.0 Å². The second kappa shape index (κ2) is 9.40. The van der Waals surface area contributed by atoms with Crippen LogP contribution in [0.4, 0.5) is 0 Å². The number of carbonyl (C=O) groups excluding carboxylic acids is 2. The van der Waals surface area contributed by atoms with Gasteiger partial charge in [-0.2, -0.15) is 0 Å². The van der Waals surface area contributed by atoms with Crippen molar-refractivity contribution in [1.29, 1.82) is 0 Å². The van der Waals surface area contributed by atoms with E-state index in [1.807, 2.05) is 30.3 Å². The SMILES string of the molecule is CN(C(=O)C(Cc1ccccc1)NC(=O)c1ccco1)C1CCNC1.Cl. The molecule has 0 spiro atoms. The Morgan fingerprint density at radius 3 is 2.65 bits per heavy atom. The molecular weight excluding hydrogens is 354 g/mol. The molecule has 1 aliphatic rings. The average molecular weight is 378 g/mol. The van der Waals surface area contributed by atoms with E-state index in [2.05, 4.69) is 10.6 Å². The summed E-state index contributed by atoms with van der Waals surface area (Å²) in [6, 6.07) is 12.5. The first-order chi connectivity index (χ1) is 12.1. The minimum absolute atomic E-state index is 0. The summed E-state index contributed by atoms with van der Waals surface area (Å²) in [5.41, 5.74) is 0.999. The molecule has 0 bridgehead atoms.